The predicted molar refractivity (Wildman–Crippen MR) is 113 cm³/mol. The van der Waals surface area contributed by atoms with Crippen LogP contribution in [0.2, 0.25) is 0 Å². The van der Waals surface area contributed by atoms with Crippen LogP contribution in [0.1, 0.15) is 90.9 Å². The second-order valence-electron chi connectivity index (χ2n) is 10.3. The molecule has 4 fully saturated rings. The highest BCUT2D eigenvalue weighted by atomic mass is 16.6. The molecule has 0 aromatic carbocycles. The third-order valence-corrected chi connectivity index (χ3v) is 9.22. The molecule has 0 aromatic rings. The first-order valence-corrected chi connectivity index (χ1v) is 11.9. The van der Waals surface area contributed by atoms with Crippen LogP contribution in [0, 0.1) is 35.0 Å². The van der Waals surface area contributed by atoms with E-state index in [0.29, 0.717) is 41.9 Å². The smallest absolute Gasteiger partial charge is 0.306 e. The van der Waals surface area contributed by atoms with E-state index in [1.54, 1.807) is 0 Å². The molecular weight excluding hydrogens is 366 g/mol. The summed E-state index contributed by atoms with van der Waals surface area (Å²) >= 11 is 0. The SMILES string of the molecule is CC12CCCCC1CCC1C2CC(=O)OC2(C)C(CCCC(=O)O)CCC12.CN. The molecule has 0 aromatic heterocycles. The number of fused-ring (bicyclic) bond motifs is 5. The zero-order valence-corrected chi connectivity index (χ0v) is 18.6. The van der Waals surface area contributed by atoms with Gasteiger partial charge >= 0.3 is 11.9 Å². The lowest BCUT2D eigenvalue weighted by Gasteiger charge is -2.55. The molecule has 1 heterocycles. The summed E-state index contributed by atoms with van der Waals surface area (Å²) < 4.78 is 6.22. The standard InChI is InChI=1S/C23H36O4.CH5N/c1-22-13-4-3-6-15(22)9-11-17-18-12-10-16(7-5-8-20(24)25)23(18,2)27-21(26)14-19(17)22;1-2/h15-19H,3-14H2,1-2H3,(H,24,25);2H2,1H3. The molecule has 4 rings (SSSR count). The van der Waals surface area contributed by atoms with Gasteiger partial charge in [-0.3, -0.25) is 9.59 Å². The lowest BCUT2D eigenvalue weighted by molar-refractivity contribution is -0.165. The summed E-state index contributed by atoms with van der Waals surface area (Å²) in [7, 11) is 1.50. The van der Waals surface area contributed by atoms with Crippen molar-refractivity contribution in [3.8, 4) is 0 Å². The van der Waals surface area contributed by atoms with Gasteiger partial charge in [-0.1, -0.05) is 19.8 Å². The van der Waals surface area contributed by atoms with E-state index in [0.717, 1.165) is 25.2 Å². The van der Waals surface area contributed by atoms with Gasteiger partial charge in [-0.25, -0.2) is 0 Å². The second-order valence-corrected chi connectivity index (χ2v) is 10.3. The molecule has 5 heteroatoms. The van der Waals surface area contributed by atoms with Crippen molar-refractivity contribution in [1.29, 1.82) is 0 Å². The highest BCUT2D eigenvalue weighted by Gasteiger charge is 2.60. The Hall–Kier alpha value is -1.10. The number of carboxylic acids is 1. The third-order valence-electron chi connectivity index (χ3n) is 9.22. The number of esters is 1. The number of rotatable bonds is 4. The van der Waals surface area contributed by atoms with E-state index in [9.17, 15) is 9.59 Å². The second kappa shape index (κ2) is 8.95. The van der Waals surface area contributed by atoms with Crippen molar-refractivity contribution in [1.82, 2.24) is 0 Å². The first kappa shape index (κ1) is 22.6. The molecule has 3 saturated carbocycles. The van der Waals surface area contributed by atoms with Crippen molar-refractivity contribution < 1.29 is 19.4 Å². The van der Waals surface area contributed by atoms with Crippen LogP contribution in [-0.2, 0) is 14.3 Å². The van der Waals surface area contributed by atoms with Gasteiger partial charge in [-0.15, -0.1) is 0 Å². The number of carboxylic acid groups (broad SMARTS) is 1. The quantitative estimate of drug-likeness (QED) is 0.655. The van der Waals surface area contributed by atoms with E-state index in [2.05, 4.69) is 19.6 Å². The lowest BCUT2D eigenvalue weighted by atomic mass is 9.49. The van der Waals surface area contributed by atoms with Gasteiger partial charge in [0.1, 0.15) is 5.60 Å². The van der Waals surface area contributed by atoms with Crippen molar-refractivity contribution in [2.24, 2.45) is 40.7 Å². The minimum Gasteiger partial charge on any atom is -0.481 e. The van der Waals surface area contributed by atoms with Crippen molar-refractivity contribution >= 4 is 11.9 Å². The van der Waals surface area contributed by atoms with E-state index in [1.165, 1.54) is 45.6 Å². The Kier molecular flexibility index (Phi) is 6.97. The van der Waals surface area contributed by atoms with Crippen molar-refractivity contribution in [3.63, 3.8) is 0 Å². The zero-order chi connectivity index (χ0) is 21.2. The molecule has 0 bridgehead atoms. The average Bonchev–Trinajstić information content (AvgIpc) is 2.93. The van der Waals surface area contributed by atoms with Gasteiger partial charge < -0.3 is 15.6 Å². The Morgan fingerprint density at radius 1 is 1.10 bits per heavy atom. The highest BCUT2D eigenvalue weighted by molar-refractivity contribution is 5.71. The number of hydrogen-bond donors (Lipinski definition) is 2. The molecule has 5 nitrogen and oxygen atoms in total. The van der Waals surface area contributed by atoms with Crippen molar-refractivity contribution in [2.45, 2.75) is 96.5 Å². The Labute approximate surface area is 176 Å². The van der Waals surface area contributed by atoms with Gasteiger partial charge in [-0.2, -0.15) is 0 Å². The van der Waals surface area contributed by atoms with E-state index in [-0.39, 0.29) is 18.0 Å². The van der Waals surface area contributed by atoms with Gasteiger partial charge in [0.05, 0.1) is 0 Å². The fourth-order valence-corrected chi connectivity index (χ4v) is 7.79. The summed E-state index contributed by atoms with van der Waals surface area (Å²) in [5, 5.41) is 8.98. The van der Waals surface area contributed by atoms with Crippen LogP contribution in [0.3, 0.4) is 0 Å². The summed E-state index contributed by atoms with van der Waals surface area (Å²) in [5.41, 5.74) is 4.43. The number of carbonyl (C=O) groups excluding carboxylic acids is 1. The minimum atomic E-state index is -0.726. The van der Waals surface area contributed by atoms with Gasteiger partial charge in [0.15, 0.2) is 0 Å². The van der Waals surface area contributed by atoms with Crippen molar-refractivity contribution in [2.75, 3.05) is 7.05 Å². The lowest BCUT2D eigenvalue weighted by Crippen LogP contribution is -2.49. The number of carbonyl (C=O) groups is 2. The molecule has 7 unspecified atom stereocenters. The normalized spacial score (nSPS) is 43.6. The molecule has 1 saturated heterocycles. The van der Waals surface area contributed by atoms with Crippen molar-refractivity contribution in [3.05, 3.63) is 0 Å². The minimum absolute atomic E-state index is 0.00702. The molecule has 7 atom stereocenters. The molecule has 166 valence electrons. The summed E-state index contributed by atoms with van der Waals surface area (Å²) in [6, 6.07) is 0. The Balaban J connectivity index is 0.00000117. The van der Waals surface area contributed by atoms with Crippen LogP contribution in [0.5, 0.6) is 0 Å². The maximum atomic E-state index is 12.9. The van der Waals surface area contributed by atoms with Gasteiger partial charge in [-0.05, 0) is 94.4 Å². The Bertz CT molecular complexity index is 608. The molecule has 4 aliphatic rings. The highest BCUT2D eigenvalue weighted by Crippen LogP contribution is 2.63. The molecule has 3 aliphatic carbocycles. The first-order valence-electron chi connectivity index (χ1n) is 11.9. The van der Waals surface area contributed by atoms with Crippen LogP contribution in [-0.4, -0.2) is 29.7 Å². The first-order chi connectivity index (χ1) is 13.8. The maximum absolute atomic E-state index is 12.9. The van der Waals surface area contributed by atoms with Crippen LogP contribution >= 0.6 is 0 Å². The Morgan fingerprint density at radius 3 is 2.59 bits per heavy atom. The topological polar surface area (TPSA) is 89.6 Å². The summed E-state index contributed by atoms with van der Waals surface area (Å²) in [4.78, 5) is 23.8. The number of ether oxygens (including phenoxy) is 1. The molecule has 0 radical (unpaired) electrons. The average molecular weight is 408 g/mol. The summed E-state index contributed by atoms with van der Waals surface area (Å²) in [6.45, 7) is 4.65. The molecule has 0 amide bonds. The van der Waals surface area contributed by atoms with E-state index in [4.69, 9.17) is 9.84 Å². The number of nitrogens with two attached hydrogens (primary N) is 1. The molecule has 3 N–H and O–H groups in total. The van der Waals surface area contributed by atoms with Crippen LogP contribution < -0.4 is 5.73 Å². The summed E-state index contributed by atoms with van der Waals surface area (Å²) in [6.07, 6.45) is 12.5. The Morgan fingerprint density at radius 2 is 1.86 bits per heavy atom. The fourth-order valence-electron chi connectivity index (χ4n) is 7.79. The van der Waals surface area contributed by atoms with Crippen LogP contribution in [0.15, 0.2) is 0 Å². The monoisotopic (exact) mass is 407 g/mol. The van der Waals surface area contributed by atoms with Crippen LogP contribution in [0.25, 0.3) is 0 Å². The van der Waals surface area contributed by atoms with Gasteiger partial charge in [0.25, 0.3) is 0 Å². The van der Waals surface area contributed by atoms with Gasteiger partial charge in [0.2, 0.25) is 0 Å². The van der Waals surface area contributed by atoms with Crippen LogP contribution in [0.4, 0.5) is 0 Å². The number of hydrogen-bond acceptors (Lipinski definition) is 4. The molecular formula is C24H41NO4. The predicted octanol–water partition coefficient (Wildman–Crippen LogP) is 4.77. The zero-order valence-electron chi connectivity index (χ0n) is 18.6. The maximum Gasteiger partial charge on any atom is 0.306 e. The van der Waals surface area contributed by atoms with E-state index in [1.807, 2.05) is 0 Å². The van der Waals surface area contributed by atoms with Gasteiger partial charge in [0, 0.05) is 18.8 Å². The molecule has 29 heavy (non-hydrogen) atoms. The van der Waals surface area contributed by atoms with E-state index < -0.39 is 5.97 Å². The fraction of sp³-hybridized carbons (Fsp3) is 0.917. The largest absolute Gasteiger partial charge is 0.481 e. The molecule has 1 aliphatic heterocycles. The number of aliphatic carboxylic acids is 1. The third kappa shape index (κ3) is 4.08. The molecule has 0 spiro atoms. The van der Waals surface area contributed by atoms with E-state index >= 15 is 0 Å². The summed E-state index contributed by atoms with van der Waals surface area (Å²) in [5.74, 6) is 1.94.